The molecule has 0 amide bonds. The Bertz CT molecular complexity index is 769. The van der Waals surface area contributed by atoms with Crippen LogP contribution in [0.1, 0.15) is 16.1 Å². The number of halogens is 1. The maximum Gasteiger partial charge on any atom is 0.337 e. The normalized spacial score (nSPS) is 11.3. The first kappa shape index (κ1) is 15.4. The zero-order valence-corrected chi connectivity index (χ0v) is 12.0. The van der Waals surface area contributed by atoms with Crippen molar-refractivity contribution < 1.29 is 27.3 Å². The van der Waals surface area contributed by atoms with Gasteiger partial charge in [0.25, 0.3) is 10.1 Å². The Morgan fingerprint density at radius 2 is 2.10 bits per heavy atom. The van der Waals surface area contributed by atoms with E-state index in [4.69, 9.17) is 21.1 Å². The highest BCUT2D eigenvalue weighted by atomic mass is 35.5. The smallest absolute Gasteiger partial charge is 0.337 e. The maximum absolute atomic E-state index is 11.4. The largest absolute Gasteiger partial charge is 0.478 e. The third kappa shape index (κ3) is 3.54. The molecule has 0 unspecified atom stereocenters. The third-order valence-electron chi connectivity index (χ3n) is 2.61. The molecule has 9 heteroatoms. The summed E-state index contributed by atoms with van der Waals surface area (Å²) >= 11 is 5.79. The van der Waals surface area contributed by atoms with Gasteiger partial charge in [-0.3, -0.25) is 4.55 Å². The predicted octanol–water partition coefficient (Wildman–Crippen LogP) is 2.49. The second-order valence-corrected chi connectivity index (χ2v) is 5.84. The van der Waals surface area contributed by atoms with Gasteiger partial charge in [0.05, 0.1) is 29.1 Å². The summed E-state index contributed by atoms with van der Waals surface area (Å²) in [5.41, 5.74) is -0.447. The van der Waals surface area contributed by atoms with Crippen molar-refractivity contribution in [2.24, 2.45) is 0 Å². The van der Waals surface area contributed by atoms with Crippen LogP contribution < -0.4 is 5.32 Å². The molecule has 0 saturated heterocycles. The second kappa shape index (κ2) is 5.76. The van der Waals surface area contributed by atoms with E-state index in [2.05, 4.69) is 5.32 Å². The highest BCUT2D eigenvalue weighted by Crippen LogP contribution is 2.29. The van der Waals surface area contributed by atoms with Crippen molar-refractivity contribution in [1.82, 2.24) is 0 Å². The molecule has 1 heterocycles. The van der Waals surface area contributed by atoms with Crippen LogP contribution in [0.3, 0.4) is 0 Å². The van der Waals surface area contributed by atoms with Gasteiger partial charge in [0.1, 0.15) is 10.7 Å². The molecule has 2 aromatic rings. The molecule has 112 valence electrons. The monoisotopic (exact) mass is 331 g/mol. The van der Waals surface area contributed by atoms with E-state index in [-0.39, 0.29) is 17.3 Å². The summed E-state index contributed by atoms with van der Waals surface area (Å²) in [5.74, 6) is -0.878. The van der Waals surface area contributed by atoms with Gasteiger partial charge in [-0.1, -0.05) is 11.6 Å². The number of furan rings is 1. The van der Waals surface area contributed by atoms with Gasteiger partial charge in [0, 0.05) is 0 Å². The molecule has 0 aliphatic rings. The zero-order valence-electron chi connectivity index (χ0n) is 10.4. The van der Waals surface area contributed by atoms with Crippen LogP contribution in [0.4, 0.5) is 5.69 Å². The minimum atomic E-state index is -4.61. The van der Waals surface area contributed by atoms with Gasteiger partial charge >= 0.3 is 5.97 Å². The fraction of sp³-hybridized carbons (Fsp3) is 0.0833. The van der Waals surface area contributed by atoms with Crippen molar-refractivity contribution in [3.63, 3.8) is 0 Å². The molecule has 0 fully saturated rings. The lowest BCUT2D eigenvalue weighted by molar-refractivity contribution is 0.0697. The topological polar surface area (TPSA) is 117 Å². The summed E-state index contributed by atoms with van der Waals surface area (Å²) in [6.45, 7) is 0.137. The van der Waals surface area contributed by atoms with Crippen LogP contribution in [0.5, 0.6) is 0 Å². The summed E-state index contributed by atoms with van der Waals surface area (Å²) in [6, 6.07) is 5.23. The minimum absolute atomic E-state index is 0.0242. The molecule has 3 N–H and O–H groups in total. The average molecular weight is 332 g/mol. The Balaban J connectivity index is 2.43. The first-order chi connectivity index (χ1) is 9.79. The van der Waals surface area contributed by atoms with Crippen LogP contribution in [-0.2, 0) is 16.7 Å². The highest BCUT2D eigenvalue weighted by Gasteiger charge is 2.21. The van der Waals surface area contributed by atoms with E-state index >= 15 is 0 Å². The van der Waals surface area contributed by atoms with E-state index < -0.39 is 26.5 Å². The quantitative estimate of drug-likeness (QED) is 0.720. The van der Waals surface area contributed by atoms with E-state index in [9.17, 15) is 17.8 Å². The zero-order chi connectivity index (χ0) is 15.6. The molecular formula is C12H10ClNO6S. The number of rotatable bonds is 5. The SMILES string of the molecule is O=C(O)c1cc(S(=O)(=O)O)c(NCc2ccco2)cc1Cl. The minimum Gasteiger partial charge on any atom is -0.478 e. The maximum atomic E-state index is 11.4. The third-order valence-corrected chi connectivity index (χ3v) is 3.82. The van der Waals surface area contributed by atoms with Crippen LogP contribution in [-0.4, -0.2) is 24.0 Å². The Morgan fingerprint density at radius 1 is 1.38 bits per heavy atom. The van der Waals surface area contributed by atoms with Crippen LogP contribution in [0, 0.1) is 0 Å². The van der Waals surface area contributed by atoms with Crippen molar-refractivity contribution in [3.05, 3.63) is 46.9 Å². The van der Waals surface area contributed by atoms with Gasteiger partial charge < -0.3 is 14.8 Å². The van der Waals surface area contributed by atoms with Crippen LogP contribution in [0.25, 0.3) is 0 Å². The first-order valence-electron chi connectivity index (χ1n) is 5.59. The van der Waals surface area contributed by atoms with Crippen molar-refractivity contribution in [2.75, 3.05) is 5.32 Å². The molecule has 21 heavy (non-hydrogen) atoms. The van der Waals surface area contributed by atoms with E-state index in [1.165, 1.54) is 6.26 Å². The molecule has 0 aliphatic carbocycles. The Labute approximate surface area is 124 Å². The first-order valence-corrected chi connectivity index (χ1v) is 7.41. The molecule has 0 atom stereocenters. The van der Waals surface area contributed by atoms with E-state index in [0.29, 0.717) is 5.76 Å². The molecule has 7 nitrogen and oxygen atoms in total. The highest BCUT2D eigenvalue weighted by molar-refractivity contribution is 7.86. The summed E-state index contributed by atoms with van der Waals surface area (Å²) in [6.07, 6.45) is 1.45. The molecule has 1 aromatic heterocycles. The van der Waals surface area contributed by atoms with Gasteiger partial charge in [0.2, 0.25) is 0 Å². The molecule has 0 bridgehead atoms. The molecule has 0 aliphatic heterocycles. The molecule has 0 spiro atoms. The summed E-state index contributed by atoms with van der Waals surface area (Å²) in [4.78, 5) is 10.4. The van der Waals surface area contributed by atoms with Crippen molar-refractivity contribution >= 4 is 33.4 Å². The number of hydrogen-bond donors (Lipinski definition) is 3. The van der Waals surface area contributed by atoms with E-state index in [1.54, 1.807) is 12.1 Å². The number of carboxylic acid groups (broad SMARTS) is 1. The summed E-state index contributed by atoms with van der Waals surface area (Å²) in [5, 5.41) is 11.5. The summed E-state index contributed by atoms with van der Waals surface area (Å²) in [7, 11) is -4.61. The number of anilines is 1. The van der Waals surface area contributed by atoms with Crippen LogP contribution in [0.2, 0.25) is 5.02 Å². The van der Waals surface area contributed by atoms with Gasteiger partial charge in [-0.05, 0) is 24.3 Å². The summed E-state index contributed by atoms with van der Waals surface area (Å²) < 4.78 is 37.0. The van der Waals surface area contributed by atoms with Gasteiger partial charge in [-0.25, -0.2) is 4.79 Å². The Morgan fingerprint density at radius 3 is 2.62 bits per heavy atom. The number of benzene rings is 1. The molecular weight excluding hydrogens is 322 g/mol. The average Bonchev–Trinajstić information content (AvgIpc) is 2.87. The Kier molecular flexibility index (Phi) is 4.21. The number of aromatic carboxylic acids is 1. The van der Waals surface area contributed by atoms with Crippen LogP contribution in [0.15, 0.2) is 39.8 Å². The second-order valence-electron chi connectivity index (χ2n) is 4.04. The lowest BCUT2D eigenvalue weighted by atomic mass is 10.2. The van der Waals surface area contributed by atoms with Crippen molar-refractivity contribution in [3.8, 4) is 0 Å². The number of carbonyl (C=O) groups is 1. The number of nitrogens with one attached hydrogen (secondary N) is 1. The molecule has 1 aromatic carbocycles. The van der Waals surface area contributed by atoms with E-state index in [0.717, 1.165) is 12.1 Å². The van der Waals surface area contributed by atoms with Gasteiger partial charge in [-0.2, -0.15) is 8.42 Å². The van der Waals surface area contributed by atoms with Crippen molar-refractivity contribution in [2.45, 2.75) is 11.4 Å². The standard InChI is InChI=1S/C12H10ClNO6S/c13-9-5-10(14-6-7-2-1-3-20-7)11(21(17,18)19)4-8(9)12(15)16/h1-5,14H,6H2,(H,15,16)(H,17,18,19). The number of hydrogen-bond acceptors (Lipinski definition) is 5. The Hall–Kier alpha value is -2.03. The molecule has 2 rings (SSSR count). The van der Waals surface area contributed by atoms with E-state index in [1.807, 2.05) is 0 Å². The van der Waals surface area contributed by atoms with Gasteiger partial charge in [-0.15, -0.1) is 0 Å². The van der Waals surface area contributed by atoms with Crippen molar-refractivity contribution in [1.29, 1.82) is 0 Å². The lowest BCUT2D eigenvalue weighted by Crippen LogP contribution is -2.09. The predicted molar refractivity (Wildman–Crippen MR) is 74.3 cm³/mol. The number of carboxylic acids is 1. The fourth-order valence-electron chi connectivity index (χ4n) is 1.66. The molecule has 0 saturated carbocycles. The molecule has 0 radical (unpaired) electrons. The van der Waals surface area contributed by atoms with Crippen LogP contribution >= 0.6 is 11.6 Å². The van der Waals surface area contributed by atoms with Gasteiger partial charge in [0.15, 0.2) is 0 Å². The fourth-order valence-corrected chi connectivity index (χ4v) is 2.58. The lowest BCUT2D eigenvalue weighted by Gasteiger charge is -2.11.